The molecule has 0 radical (unpaired) electrons. The van der Waals surface area contributed by atoms with Gasteiger partial charge in [-0.3, -0.25) is 4.79 Å². The van der Waals surface area contributed by atoms with Crippen LogP contribution in [0, 0.1) is 18.8 Å². The minimum absolute atomic E-state index is 0. The Morgan fingerprint density at radius 3 is 2.62 bits per heavy atom. The molecule has 5 heteroatoms. The standard InChI is InChI=1S/C19H24N2O2.ClH/c1-11-5-6-16-14(7-11)10-17(23-16)19(22)21-18-12-3-2-4-13(18)9-15(20)8-12;/h5-7,10,12-13,15,18H,2-4,8-9,20H2,1H3,(H,21,22);1H. The summed E-state index contributed by atoms with van der Waals surface area (Å²) in [6, 6.07) is 8.38. The molecule has 1 amide bonds. The summed E-state index contributed by atoms with van der Waals surface area (Å²) in [6.45, 7) is 2.04. The van der Waals surface area contributed by atoms with E-state index in [1.807, 2.05) is 31.2 Å². The lowest BCUT2D eigenvalue weighted by Gasteiger charge is -2.45. The number of aryl methyl sites for hydroxylation is 1. The van der Waals surface area contributed by atoms with Crippen molar-refractivity contribution in [3.8, 4) is 0 Å². The van der Waals surface area contributed by atoms with Gasteiger partial charge in [-0.15, -0.1) is 12.4 Å². The van der Waals surface area contributed by atoms with Gasteiger partial charge >= 0.3 is 0 Å². The van der Waals surface area contributed by atoms with Gasteiger partial charge in [0.05, 0.1) is 0 Å². The number of carbonyl (C=O) groups is 1. The second-order valence-corrected chi connectivity index (χ2v) is 7.33. The summed E-state index contributed by atoms with van der Waals surface area (Å²) >= 11 is 0. The maximum Gasteiger partial charge on any atom is 0.287 e. The van der Waals surface area contributed by atoms with E-state index in [0.29, 0.717) is 23.6 Å². The van der Waals surface area contributed by atoms with Crippen LogP contribution < -0.4 is 11.1 Å². The van der Waals surface area contributed by atoms with Gasteiger partial charge in [0.25, 0.3) is 5.91 Å². The molecule has 0 saturated heterocycles. The van der Waals surface area contributed by atoms with Gasteiger partial charge in [0.1, 0.15) is 5.58 Å². The molecule has 1 heterocycles. The molecule has 0 spiro atoms. The maximum absolute atomic E-state index is 12.6. The molecule has 0 aliphatic heterocycles. The Morgan fingerprint density at radius 2 is 1.92 bits per heavy atom. The molecule has 2 aliphatic rings. The van der Waals surface area contributed by atoms with E-state index in [9.17, 15) is 4.79 Å². The highest BCUT2D eigenvalue weighted by Gasteiger charge is 2.40. The fraction of sp³-hybridized carbons (Fsp3) is 0.526. The number of hydrogen-bond acceptors (Lipinski definition) is 3. The summed E-state index contributed by atoms with van der Waals surface area (Å²) in [5.74, 6) is 1.37. The van der Waals surface area contributed by atoms with E-state index < -0.39 is 0 Å². The topological polar surface area (TPSA) is 68.3 Å². The average Bonchev–Trinajstić information content (AvgIpc) is 2.91. The Balaban J connectivity index is 0.00000169. The van der Waals surface area contributed by atoms with E-state index >= 15 is 0 Å². The molecule has 2 aromatic rings. The number of fused-ring (bicyclic) bond motifs is 3. The predicted molar refractivity (Wildman–Crippen MR) is 97.5 cm³/mol. The third kappa shape index (κ3) is 3.17. The van der Waals surface area contributed by atoms with Crippen LogP contribution in [0.1, 0.15) is 48.2 Å². The zero-order valence-electron chi connectivity index (χ0n) is 14.0. The first-order valence-corrected chi connectivity index (χ1v) is 8.67. The van der Waals surface area contributed by atoms with E-state index in [4.69, 9.17) is 10.2 Å². The van der Waals surface area contributed by atoms with Crippen LogP contribution in [-0.4, -0.2) is 18.0 Å². The molecule has 2 atom stereocenters. The summed E-state index contributed by atoms with van der Waals surface area (Å²) in [4.78, 5) is 12.6. The number of carbonyl (C=O) groups excluding carboxylic acids is 1. The highest BCUT2D eigenvalue weighted by Crippen LogP contribution is 2.39. The van der Waals surface area contributed by atoms with Gasteiger partial charge in [-0.25, -0.2) is 0 Å². The van der Waals surface area contributed by atoms with Gasteiger partial charge in [0, 0.05) is 17.5 Å². The number of halogens is 1. The van der Waals surface area contributed by atoms with Crippen LogP contribution in [0.2, 0.25) is 0 Å². The molecule has 2 fully saturated rings. The highest BCUT2D eigenvalue weighted by molar-refractivity contribution is 5.96. The Labute approximate surface area is 148 Å². The van der Waals surface area contributed by atoms with Crippen LogP contribution in [0.5, 0.6) is 0 Å². The highest BCUT2D eigenvalue weighted by atomic mass is 35.5. The lowest BCUT2D eigenvalue weighted by molar-refractivity contribution is 0.0734. The van der Waals surface area contributed by atoms with Crippen molar-refractivity contribution in [2.45, 2.75) is 51.1 Å². The predicted octanol–water partition coefficient (Wildman–Crippen LogP) is 3.80. The molecule has 24 heavy (non-hydrogen) atoms. The number of rotatable bonds is 2. The van der Waals surface area contributed by atoms with Gasteiger partial charge in [0.2, 0.25) is 0 Å². The second-order valence-electron chi connectivity index (χ2n) is 7.33. The van der Waals surface area contributed by atoms with Crippen molar-refractivity contribution in [3.63, 3.8) is 0 Å². The zero-order valence-corrected chi connectivity index (χ0v) is 14.8. The Bertz CT molecular complexity index is 728. The average molecular weight is 349 g/mol. The summed E-state index contributed by atoms with van der Waals surface area (Å²) in [7, 11) is 0. The van der Waals surface area contributed by atoms with Crippen LogP contribution in [0.4, 0.5) is 0 Å². The van der Waals surface area contributed by atoms with Crippen LogP contribution in [0.3, 0.4) is 0 Å². The summed E-state index contributed by atoms with van der Waals surface area (Å²) < 4.78 is 5.73. The largest absolute Gasteiger partial charge is 0.451 e. The van der Waals surface area contributed by atoms with E-state index in [1.54, 1.807) is 0 Å². The number of furan rings is 1. The Kier molecular flexibility index (Phi) is 4.88. The Hall–Kier alpha value is -1.52. The minimum atomic E-state index is -0.0868. The second kappa shape index (κ2) is 6.77. The lowest BCUT2D eigenvalue weighted by atomic mass is 9.67. The molecular formula is C19H25ClN2O2. The molecule has 4 nitrogen and oxygen atoms in total. The molecular weight excluding hydrogens is 324 g/mol. The van der Waals surface area contributed by atoms with E-state index in [1.165, 1.54) is 24.8 Å². The van der Waals surface area contributed by atoms with E-state index in [0.717, 1.165) is 23.8 Å². The lowest BCUT2D eigenvalue weighted by Crippen LogP contribution is -2.53. The van der Waals surface area contributed by atoms with E-state index in [-0.39, 0.29) is 24.4 Å². The van der Waals surface area contributed by atoms with Crippen molar-refractivity contribution >= 4 is 29.3 Å². The van der Waals surface area contributed by atoms with Crippen molar-refractivity contribution in [2.75, 3.05) is 0 Å². The molecule has 2 unspecified atom stereocenters. The molecule has 130 valence electrons. The zero-order chi connectivity index (χ0) is 16.0. The van der Waals surface area contributed by atoms with Crippen molar-refractivity contribution in [1.29, 1.82) is 0 Å². The molecule has 2 aliphatic carbocycles. The normalized spacial score (nSPS) is 29.1. The minimum Gasteiger partial charge on any atom is -0.451 e. The third-order valence-corrected chi connectivity index (χ3v) is 5.57. The molecule has 1 aromatic carbocycles. The van der Waals surface area contributed by atoms with Crippen molar-refractivity contribution < 1.29 is 9.21 Å². The number of nitrogens with one attached hydrogen (secondary N) is 1. The quantitative estimate of drug-likeness (QED) is 0.867. The number of hydrogen-bond donors (Lipinski definition) is 2. The van der Waals surface area contributed by atoms with Crippen LogP contribution in [0.15, 0.2) is 28.7 Å². The summed E-state index contributed by atoms with van der Waals surface area (Å²) in [6.07, 6.45) is 5.67. The Morgan fingerprint density at radius 1 is 1.21 bits per heavy atom. The summed E-state index contributed by atoms with van der Waals surface area (Å²) in [5, 5.41) is 4.23. The third-order valence-electron chi connectivity index (χ3n) is 5.57. The number of benzene rings is 1. The van der Waals surface area contributed by atoms with Gasteiger partial charge in [0.15, 0.2) is 5.76 Å². The number of amides is 1. The van der Waals surface area contributed by atoms with Crippen LogP contribution in [0.25, 0.3) is 11.0 Å². The van der Waals surface area contributed by atoms with Crippen LogP contribution >= 0.6 is 12.4 Å². The van der Waals surface area contributed by atoms with E-state index in [2.05, 4.69) is 5.32 Å². The van der Waals surface area contributed by atoms with Crippen molar-refractivity contribution in [3.05, 3.63) is 35.6 Å². The summed E-state index contributed by atoms with van der Waals surface area (Å²) in [5.41, 5.74) is 8.10. The smallest absolute Gasteiger partial charge is 0.287 e. The number of nitrogens with two attached hydrogens (primary N) is 1. The maximum atomic E-state index is 12.6. The van der Waals surface area contributed by atoms with Crippen molar-refractivity contribution in [1.82, 2.24) is 5.32 Å². The first-order valence-electron chi connectivity index (χ1n) is 8.67. The monoisotopic (exact) mass is 348 g/mol. The van der Waals surface area contributed by atoms with Gasteiger partial charge in [-0.2, -0.15) is 0 Å². The molecule has 4 rings (SSSR count). The molecule has 3 N–H and O–H groups in total. The van der Waals surface area contributed by atoms with Crippen LogP contribution in [-0.2, 0) is 0 Å². The molecule has 2 bridgehead atoms. The molecule has 1 aromatic heterocycles. The van der Waals surface area contributed by atoms with Crippen molar-refractivity contribution in [2.24, 2.45) is 17.6 Å². The van der Waals surface area contributed by atoms with Gasteiger partial charge < -0.3 is 15.5 Å². The SMILES string of the molecule is Cc1ccc2oc(C(=O)NC3C4CCCC3CC(N)C4)cc2c1.Cl. The fourth-order valence-electron chi connectivity index (χ4n) is 4.52. The van der Waals surface area contributed by atoms with Gasteiger partial charge in [-0.05, 0) is 62.6 Å². The fourth-order valence-corrected chi connectivity index (χ4v) is 4.52. The van der Waals surface area contributed by atoms with Gasteiger partial charge in [-0.1, -0.05) is 18.1 Å². The first kappa shape index (κ1) is 17.3. The molecule has 2 saturated carbocycles. The first-order chi connectivity index (χ1) is 11.1.